The number of amides is 3. The molecular formula is C28H35N5O6S2. The number of para-hydroxylation sites is 1. The van der Waals surface area contributed by atoms with Crippen molar-refractivity contribution in [1.82, 2.24) is 20.9 Å². The maximum absolute atomic E-state index is 13.2. The van der Waals surface area contributed by atoms with E-state index in [0.29, 0.717) is 5.75 Å². The molecule has 0 aliphatic heterocycles. The van der Waals surface area contributed by atoms with E-state index >= 15 is 0 Å². The van der Waals surface area contributed by atoms with Crippen LogP contribution in [0.5, 0.6) is 5.75 Å². The number of carboxylic acids is 1. The molecule has 11 nitrogen and oxygen atoms in total. The second-order valence-corrected chi connectivity index (χ2v) is 10.9. The van der Waals surface area contributed by atoms with Crippen LogP contribution in [-0.4, -0.2) is 80.8 Å². The van der Waals surface area contributed by atoms with E-state index < -0.39 is 47.9 Å². The Labute approximate surface area is 247 Å². The molecular weight excluding hydrogens is 566 g/mol. The van der Waals surface area contributed by atoms with Gasteiger partial charge in [0.1, 0.15) is 23.9 Å². The first kappa shape index (κ1) is 31.8. The molecule has 0 radical (unpaired) electrons. The molecule has 8 N–H and O–H groups in total. The van der Waals surface area contributed by atoms with E-state index in [0.717, 1.165) is 22.0 Å². The number of hydrogen-bond donors (Lipinski definition) is 8. The lowest BCUT2D eigenvalue weighted by Gasteiger charge is -2.24. The van der Waals surface area contributed by atoms with Crippen molar-refractivity contribution < 1.29 is 29.4 Å². The molecule has 13 heteroatoms. The number of fused-ring (bicyclic) bond motifs is 1. The quantitative estimate of drug-likeness (QED) is 0.119. The number of aromatic amines is 1. The van der Waals surface area contributed by atoms with Gasteiger partial charge in [0.05, 0.1) is 6.04 Å². The number of phenols is 1. The Hall–Kier alpha value is -3.68. The summed E-state index contributed by atoms with van der Waals surface area (Å²) >= 11 is 5.67. The number of carbonyl (C=O) groups is 4. The average Bonchev–Trinajstić information content (AvgIpc) is 3.37. The highest BCUT2D eigenvalue weighted by Gasteiger charge is 2.30. The van der Waals surface area contributed by atoms with Gasteiger partial charge in [-0.3, -0.25) is 14.4 Å². The fourth-order valence-corrected chi connectivity index (χ4v) is 4.95. The standard InChI is InChI=1S/C28H35N5O6S2/c1-41-11-10-22(31-25(35)20(29)12-16-6-8-18(34)9-7-16)26(36)33-24(15-40)27(37)32-23(28(38)39)13-17-14-30-21-5-3-2-4-19(17)21/h2-9,14,20,22-24,30,34,40H,10-13,15,29H2,1H3,(H,31,35)(H,32,37)(H,33,36)(H,38,39). The fraction of sp³-hybridized carbons (Fsp3) is 0.357. The molecule has 0 spiro atoms. The van der Waals surface area contributed by atoms with Crippen LogP contribution in [-0.2, 0) is 32.0 Å². The van der Waals surface area contributed by atoms with Gasteiger partial charge < -0.3 is 36.9 Å². The van der Waals surface area contributed by atoms with Gasteiger partial charge in [-0.05, 0) is 54.2 Å². The Morgan fingerprint density at radius 3 is 2.22 bits per heavy atom. The van der Waals surface area contributed by atoms with Gasteiger partial charge in [0.25, 0.3) is 0 Å². The zero-order chi connectivity index (χ0) is 29.9. The number of aromatic nitrogens is 1. The van der Waals surface area contributed by atoms with Crippen molar-refractivity contribution in [3.63, 3.8) is 0 Å². The summed E-state index contributed by atoms with van der Waals surface area (Å²) in [6, 6.07) is 9.40. The Kier molecular flexibility index (Phi) is 11.9. The van der Waals surface area contributed by atoms with Crippen LogP contribution in [0.15, 0.2) is 54.7 Å². The van der Waals surface area contributed by atoms with Crippen molar-refractivity contribution in [1.29, 1.82) is 0 Å². The number of H-pyrrole nitrogens is 1. The van der Waals surface area contributed by atoms with Crippen LogP contribution >= 0.6 is 24.4 Å². The fourth-order valence-electron chi connectivity index (χ4n) is 4.22. The lowest BCUT2D eigenvalue weighted by molar-refractivity contribution is -0.142. The predicted octanol–water partition coefficient (Wildman–Crippen LogP) is 1.21. The number of thioether (sulfide) groups is 1. The number of carboxylic acid groups (broad SMARTS) is 1. The van der Waals surface area contributed by atoms with Crippen molar-refractivity contribution in [2.75, 3.05) is 17.8 Å². The van der Waals surface area contributed by atoms with Crippen LogP contribution < -0.4 is 21.7 Å². The van der Waals surface area contributed by atoms with Gasteiger partial charge in [-0.1, -0.05) is 30.3 Å². The molecule has 41 heavy (non-hydrogen) atoms. The van der Waals surface area contributed by atoms with Gasteiger partial charge in [0.15, 0.2) is 0 Å². The number of carbonyl (C=O) groups excluding carboxylic acids is 3. The molecule has 4 unspecified atom stereocenters. The molecule has 220 valence electrons. The number of nitrogens with two attached hydrogens (primary N) is 1. The molecule has 3 amide bonds. The molecule has 0 fully saturated rings. The lowest BCUT2D eigenvalue weighted by atomic mass is 10.0. The van der Waals surface area contributed by atoms with Gasteiger partial charge in [-0.25, -0.2) is 4.79 Å². The monoisotopic (exact) mass is 601 g/mol. The first-order valence-electron chi connectivity index (χ1n) is 12.9. The predicted molar refractivity (Wildman–Crippen MR) is 162 cm³/mol. The van der Waals surface area contributed by atoms with E-state index in [9.17, 15) is 29.4 Å². The summed E-state index contributed by atoms with van der Waals surface area (Å²) in [5, 5.41) is 27.8. The van der Waals surface area contributed by atoms with E-state index in [1.54, 1.807) is 18.3 Å². The van der Waals surface area contributed by atoms with E-state index in [-0.39, 0.29) is 30.8 Å². The van der Waals surface area contributed by atoms with Gasteiger partial charge >= 0.3 is 5.97 Å². The van der Waals surface area contributed by atoms with Gasteiger partial charge in [-0.2, -0.15) is 24.4 Å². The van der Waals surface area contributed by atoms with E-state index in [4.69, 9.17) is 5.73 Å². The van der Waals surface area contributed by atoms with Crippen LogP contribution in [0.1, 0.15) is 17.5 Å². The van der Waals surface area contributed by atoms with Crippen molar-refractivity contribution in [2.24, 2.45) is 5.73 Å². The van der Waals surface area contributed by atoms with Crippen LogP contribution in [0, 0.1) is 0 Å². The minimum atomic E-state index is -1.24. The molecule has 0 aliphatic rings. The van der Waals surface area contributed by atoms with E-state index in [2.05, 4.69) is 33.6 Å². The second kappa shape index (κ2) is 15.4. The molecule has 0 saturated carbocycles. The average molecular weight is 602 g/mol. The molecule has 3 aromatic rings. The largest absolute Gasteiger partial charge is 0.508 e. The summed E-state index contributed by atoms with van der Waals surface area (Å²) in [4.78, 5) is 54.1. The maximum Gasteiger partial charge on any atom is 0.326 e. The summed E-state index contributed by atoms with van der Waals surface area (Å²) in [7, 11) is 0. The summed E-state index contributed by atoms with van der Waals surface area (Å²) < 4.78 is 0. The Morgan fingerprint density at radius 1 is 0.927 bits per heavy atom. The number of rotatable bonds is 15. The molecule has 3 rings (SSSR count). The molecule has 1 heterocycles. The van der Waals surface area contributed by atoms with Crippen molar-refractivity contribution in [3.8, 4) is 5.75 Å². The highest BCUT2D eigenvalue weighted by molar-refractivity contribution is 7.98. The summed E-state index contributed by atoms with van der Waals surface area (Å²) in [6.45, 7) is 0. The lowest BCUT2D eigenvalue weighted by Crippen LogP contribution is -2.58. The number of thiol groups is 1. The minimum Gasteiger partial charge on any atom is -0.508 e. The first-order valence-corrected chi connectivity index (χ1v) is 15.0. The Morgan fingerprint density at radius 2 is 1.56 bits per heavy atom. The molecule has 2 aromatic carbocycles. The van der Waals surface area contributed by atoms with Crippen LogP contribution in [0.2, 0.25) is 0 Å². The first-order chi connectivity index (χ1) is 19.6. The molecule has 4 atom stereocenters. The summed E-state index contributed by atoms with van der Waals surface area (Å²) in [5.74, 6) is -2.54. The van der Waals surface area contributed by atoms with Crippen molar-refractivity contribution in [3.05, 3.63) is 65.9 Å². The van der Waals surface area contributed by atoms with Crippen LogP contribution in [0.3, 0.4) is 0 Å². The molecule has 0 bridgehead atoms. The van der Waals surface area contributed by atoms with Crippen LogP contribution in [0.25, 0.3) is 10.9 Å². The van der Waals surface area contributed by atoms with Gasteiger partial charge in [0.2, 0.25) is 17.7 Å². The van der Waals surface area contributed by atoms with Crippen molar-refractivity contribution in [2.45, 2.75) is 43.4 Å². The number of nitrogens with one attached hydrogen (secondary N) is 4. The number of phenolic OH excluding ortho intramolecular Hbond substituents is 1. The smallest absolute Gasteiger partial charge is 0.326 e. The highest BCUT2D eigenvalue weighted by Crippen LogP contribution is 2.19. The maximum atomic E-state index is 13.2. The molecule has 0 saturated heterocycles. The zero-order valence-electron chi connectivity index (χ0n) is 22.5. The Bertz CT molecular complexity index is 1350. The van der Waals surface area contributed by atoms with Gasteiger partial charge in [0, 0.05) is 29.3 Å². The normalized spacial score (nSPS) is 14.0. The number of aliphatic carboxylic acids is 1. The van der Waals surface area contributed by atoms with Crippen molar-refractivity contribution >= 4 is 59.0 Å². The highest BCUT2D eigenvalue weighted by atomic mass is 32.2. The number of aromatic hydroxyl groups is 1. The molecule has 1 aromatic heterocycles. The topological polar surface area (TPSA) is 187 Å². The second-order valence-electron chi connectivity index (χ2n) is 9.53. The van der Waals surface area contributed by atoms with E-state index in [1.165, 1.54) is 23.9 Å². The third-order valence-electron chi connectivity index (χ3n) is 6.50. The summed E-state index contributed by atoms with van der Waals surface area (Å²) in [5.41, 5.74) is 8.38. The Balaban J connectivity index is 1.63. The third-order valence-corrected chi connectivity index (χ3v) is 7.51. The van der Waals surface area contributed by atoms with Gasteiger partial charge in [-0.15, -0.1) is 0 Å². The molecule has 0 aliphatic carbocycles. The summed E-state index contributed by atoms with van der Waals surface area (Å²) in [6.07, 6.45) is 4.07. The SMILES string of the molecule is CSCCC(NC(=O)C(N)Cc1ccc(O)cc1)C(=O)NC(CS)C(=O)NC(Cc1c[nH]c2ccccc12)C(=O)O. The van der Waals surface area contributed by atoms with E-state index in [1.807, 2.05) is 30.5 Å². The number of benzene rings is 2. The number of hydrogen-bond acceptors (Lipinski definition) is 8. The third kappa shape index (κ3) is 9.17. The zero-order valence-corrected chi connectivity index (χ0v) is 24.2. The van der Waals surface area contributed by atoms with Crippen LogP contribution in [0.4, 0.5) is 0 Å². The minimum absolute atomic E-state index is 0.0314.